The number of nitrogens with zero attached hydrogens (tertiary/aromatic N) is 2. The number of ketones is 1. The second-order valence-corrected chi connectivity index (χ2v) is 4.53. The quantitative estimate of drug-likeness (QED) is 0.203. The number of hydrazone groups is 1. The van der Waals surface area contributed by atoms with Gasteiger partial charge in [0.2, 0.25) is 0 Å². The smallest absolute Gasteiger partial charge is 0.266 e. The van der Waals surface area contributed by atoms with E-state index in [9.17, 15) is 14.9 Å². The maximum absolute atomic E-state index is 11.9. The molecule has 114 valence electrons. The minimum atomic E-state index is -0.878. The number of carbonyl (C=O) groups excluding carboxylic acids is 1. The standard InChI is InChI=1S/C13H19N5O3/c14-11(7-4-8-16-13(15)17-18(20)21)12(19)9-10-5-2-1-3-6-10/h1-3,5-6,11H,4,7-9,14H2,(H3,15,16,17). The van der Waals surface area contributed by atoms with Gasteiger partial charge in [0, 0.05) is 13.0 Å². The van der Waals surface area contributed by atoms with Crippen LogP contribution in [0.1, 0.15) is 18.4 Å². The summed E-state index contributed by atoms with van der Waals surface area (Å²) in [5.74, 6) is -0.294. The molecule has 1 atom stereocenters. The molecule has 0 aromatic heterocycles. The Morgan fingerprint density at radius 3 is 2.67 bits per heavy atom. The molecule has 8 heteroatoms. The van der Waals surface area contributed by atoms with Crippen LogP contribution in [0.4, 0.5) is 0 Å². The van der Waals surface area contributed by atoms with E-state index in [1.165, 1.54) is 0 Å². The zero-order valence-electron chi connectivity index (χ0n) is 11.6. The first-order chi connectivity index (χ1) is 9.99. The number of carbonyl (C=O) groups is 1. The Hall–Kier alpha value is -2.48. The van der Waals surface area contributed by atoms with E-state index in [0.29, 0.717) is 25.8 Å². The van der Waals surface area contributed by atoms with Crippen molar-refractivity contribution < 1.29 is 9.83 Å². The predicted octanol–water partition coefficient (Wildman–Crippen LogP) is 0.00170. The van der Waals surface area contributed by atoms with Crippen LogP contribution in [0.15, 0.2) is 35.4 Å². The molecule has 0 amide bonds. The number of Topliss-reactive ketones (excluding diaryl/α,β-unsaturated/α-hetero) is 1. The molecule has 1 aromatic carbocycles. The molecule has 0 aliphatic heterocycles. The first kappa shape index (κ1) is 16.6. The second-order valence-electron chi connectivity index (χ2n) is 4.53. The van der Waals surface area contributed by atoms with E-state index in [1.54, 1.807) is 0 Å². The zero-order chi connectivity index (χ0) is 15.7. The van der Waals surface area contributed by atoms with E-state index in [0.717, 1.165) is 5.56 Å². The summed E-state index contributed by atoms with van der Waals surface area (Å²) in [5, 5.41) is 14.6. The highest BCUT2D eigenvalue weighted by Gasteiger charge is 2.13. The maximum Gasteiger partial charge on any atom is 0.266 e. The fraction of sp³-hybridized carbons (Fsp3) is 0.385. The second kappa shape index (κ2) is 8.64. The lowest BCUT2D eigenvalue weighted by Crippen LogP contribution is -2.35. The molecule has 1 aromatic rings. The highest BCUT2D eigenvalue weighted by atomic mass is 16.7. The monoisotopic (exact) mass is 293 g/mol. The van der Waals surface area contributed by atoms with Gasteiger partial charge in [-0.1, -0.05) is 30.3 Å². The van der Waals surface area contributed by atoms with E-state index >= 15 is 0 Å². The van der Waals surface area contributed by atoms with Crippen LogP contribution in [0.25, 0.3) is 0 Å². The Kier molecular flexibility index (Phi) is 6.82. The van der Waals surface area contributed by atoms with Gasteiger partial charge in [0.05, 0.1) is 6.04 Å². The average Bonchev–Trinajstić information content (AvgIpc) is 2.43. The summed E-state index contributed by atoms with van der Waals surface area (Å²) in [6.07, 6.45) is 1.35. The molecule has 0 radical (unpaired) electrons. The lowest BCUT2D eigenvalue weighted by atomic mass is 10.0. The van der Waals surface area contributed by atoms with Crippen LogP contribution in [0.5, 0.6) is 0 Å². The molecule has 0 aliphatic carbocycles. The molecule has 0 fully saturated rings. The van der Waals surface area contributed by atoms with Crippen molar-refractivity contribution in [2.45, 2.75) is 25.3 Å². The summed E-state index contributed by atoms with van der Waals surface area (Å²) < 4.78 is 0. The fourth-order valence-electron chi connectivity index (χ4n) is 1.75. The van der Waals surface area contributed by atoms with Crippen molar-refractivity contribution in [3.05, 3.63) is 46.0 Å². The molecule has 0 heterocycles. The van der Waals surface area contributed by atoms with Crippen molar-refractivity contribution in [2.24, 2.45) is 16.6 Å². The number of nitrogens with one attached hydrogen (secondary N) is 1. The molecule has 1 unspecified atom stereocenters. The number of nitro groups is 1. The van der Waals surface area contributed by atoms with Crippen molar-refractivity contribution >= 4 is 11.7 Å². The topological polar surface area (TPSA) is 137 Å². The number of hydrogen-bond donors (Lipinski definition) is 3. The normalized spacial score (nSPS) is 12.7. The van der Waals surface area contributed by atoms with Gasteiger partial charge in [-0.25, -0.2) is 10.1 Å². The van der Waals surface area contributed by atoms with Crippen LogP contribution >= 0.6 is 0 Å². The number of guanidine groups is 1. The highest BCUT2D eigenvalue weighted by molar-refractivity contribution is 5.85. The Balaban J connectivity index is 2.26. The van der Waals surface area contributed by atoms with E-state index < -0.39 is 11.1 Å². The lowest BCUT2D eigenvalue weighted by molar-refractivity contribution is -0.485. The molecule has 21 heavy (non-hydrogen) atoms. The van der Waals surface area contributed by atoms with E-state index in [2.05, 4.69) is 10.4 Å². The molecule has 0 bridgehead atoms. The van der Waals surface area contributed by atoms with Gasteiger partial charge in [0.25, 0.3) is 5.96 Å². The Labute approximate surface area is 122 Å². The Bertz CT molecular complexity index is 504. The van der Waals surface area contributed by atoms with Crippen LogP contribution in [0.3, 0.4) is 0 Å². The first-order valence-electron chi connectivity index (χ1n) is 6.53. The number of nitrogens with two attached hydrogens (primary N) is 2. The third-order valence-electron chi connectivity index (χ3n) is 2.82. The minimum Gasteiger partial charge on any atom is -0.365 e. The summed E-state index contributed by atoms with van der Waals surface area (Å²) >= 11 is 0. The summed E-state index contributed by atoms with van der Waals surface area (Å²) in [6.45, 7) is 0.371. The van der Waals surface area contributed by atoms with Gasteiger partial charge < -0.3 is 16.8 Å². The third-order valence-corrected chi connectivity index (χ3v) is 2.82. The summed E-state index contributed by atoms with van der Waals surface area (Å²) in [7, 11) is 0. The number of benzene rings is 1. The average molecular weight is 293 g/mol. The van der Waals surface area contributed by atoms with Crippen LogP contribution in [0.2, 0.25) is 0 Å². The summed E-state index contributed by atoms with van der Waals surface area (Å²) in [6, 6.07) is 8.82. The SMILES string of the molecule is N/C(=N\[N+](=O)[O-])NCCCC(N)C(=O)Cc1ccccc1. The van der Waals surface area contributed by atoms with Crippen LogP contribution < -0.4 is 16.8 Å². The molecule has 8 nitrogen and oxygen atoms in total. The molecule has 0 saturated heterocycles. The fourth-order valence-corrected chi connectivity index (χ4v) is 1.75. The van der Waals surface area contributed by atoms with E-state index in [-0.39, 0.29) is 11.7 Å². The van der Waals surface area contributed by atoms with Gasteiger partial charge in [0.15, 0.2) is 10.8 Å². The van der Waals surface area contributed by atoms with E-state index in [4.69, 9.17) is 11.5 Å². The maximum atomic E-state index is 11.9. The molecule has 0 saturated carbocycles. The molecule has 0 spiro atoms. The minimum absolute atomic E-state index is 0.0341. The lowest BCUT2D eigenvalue weighted by Gasteiger charge is -2.10. The van der Waals surface area contributed by atoms with Gasteiger partial charge in [-0.2, -0.15) is 0 Å². The Morgan fingerprint density at radius 1 is 1.38 bits per heavy atom. The number of rotatable bonds is 8. The highest BCUT2D eigenvalue weighted by Crippen LogP contribution is 2.04. The van der Waals surface area contributed by atoms with E-state index in [1.807, 2.05) is 30.3 Å². The van der Waals surface area contributed by atoms with Crippen molar-refractivity contribution in [3.63, 3.8) is 0 Å². The van der Waals surface area contributed by atoms with Crippen molar-refractivity contribution in [1.82, 2.24) is 5.32 Å². The van der Waals surface area contributed by atoms with Gasteiger partial charge in [-0.15, -0.1) is 0 Å². The molecule has 1 rings (SSSR count). The largest absolute Gasteiger partial charge is 0.365 e. The zero-order valence-corrected chi connectivity index (χ0v) is 11.6. The number of hydrogen-bond acceptors (Lipinski definition) is 4. The van der Waals surface area contributed by atoms with Crippen molar-refractivity contribution in [1.29, 1.82) is 0 Å². The van der Waals surface area contributed by atoms with Gasteiger partial charge in [-0.05, 0) is 18.4 Å². The van der Waals surface area contributed by atoms with Crippen LogP contribution in [-0.2, 0) is 11.2 Å². The van der Waals surface area contributed by atoms with Crippen molar-refractivity contribution in [2.75, 3.05) is 6.54 Å². The molecule has 5 N–H and O–H groups in total. The van der Waals surface area contributed by atoms with Crippen LogP contribution in [-0.4, -0.2) is 29.4 Å². The first-order valence-corrected chi connectivity index (χ1v) is 6.53. The van der Waals surface area contributed by atoms with Gasteiger partial charge in [-0.3, -0.25) is 4.79 Å². The summed E-state index contributed by atoms with van der Waals surface area (Å²) in [4.78, 5) is 21.9. The van der Waals surface area contributed by atoms with Crippen molar-refractivity contribution in [3.8, 4) is 0 Å². The Morgan fingerprint density at radius 2 is 2.05 bits per heavy atom. The predicted molar refractivity (Wildman–Crippen MR) is 79.0 cm³/mol. The van der Waals surface area contributed by atoms with Crippen LogP contribution in [0, 0.1) is 10.1 Å². The summed E-state index contributed by atoms with van der Waals surface area (Å²) in [5.41, 5.74) is 12.0. The molecule has 0 aliphatic rings. The molecular formula is C13H19N5O3. The third kappa shape index (κ3) is 7.02. The van der Waals surface area contributed by atoms with Gasteiger partial charge >= 0.3 is 0 Å². The molecular weight excluding hydrogens is 274 g/mol. The van der Waals surface area contributed by atoms with Gasteiger partial charge in [0.1, 0.15) is 5.10 Å².